The SMILES string of the molecule is CC(C)(O)C(F)CNC(=O)c1cnc(-c2ccc3cc(C#N)cnn23)cc1Nc1ccc2oc(=O)[nH]c2c1. The van der Waals surface area contributed by atoms with Gasteiger partial charge in [0.1, 0.15) is 12.2 Å². The van der Waals surface area contributed by atoms with Gasteiger partial charge in [-0.25, -0.2) is 13.7 Å². The minimum absolute atomic E-state index is 0.123. The molecule has 5 aromatic rings. The molecule has 0 aliphatic heterocycles. The summed E-state index contributed by atoms with van der Waals surface area (Å²) >= 11 is 0. The number of aliphatic hydroxyl groups is 1. The molecule has 12 heteroatoms. The molecule has 0 saturated carbocycles. The van der Waals surface area contributed by atoms with Crippen LogP contribution in [0.5, 0.6) is 0 Å². The lowest BCUT2D eigenvalue weighted by molar-refractivity contribution is -0.00177. The Balaban J connectivity index is 1.54. The molecular weight excluding hydrogens is 493 g/mol. The van der Waals surface area contributed by atoms with Crippen LogP contribution in [0.3, 0.4) is 0 Å². The molecule has 1 amide bonds. The number of nitrogens with zero attached hydrogens (tertiary/aromatic N) is 4. The summed E-state index contributed by atoms with van der Waals surface area (Å²) in [5.41, 5.74) is 2.40. The first-order valence-electron chi connectivity index (χ1n) is 11.6. The number of carbonyl (C=O) groups excluding carboxylic acids is 1. The van der Waals surface area contributed by atoms with Crippen molar-refractivity contribution in [1.82, 2.24) is 24.9 Å². The van der Waals surface area contributed by atoms with E-state index in [1.807, 2.05) is 0 Å². The summed E-state index contributed by atoms with van der Waals surface area (Å²) in [6.45, 7) is 2.23. The second-order valence-electron chi connectivity index (χ2n) is 9.21. The zero-order valence-corrected chi connectivity index (χ0v) is 20.3. The van der Waals surface area contributed by atoms with Gasteiger partial charge in [-0.2, -0.15) is 10.4 Å². The number of alkyl halides is 1. The number of aromatic nitrogens is 4. The Hall–Kier alpha value is -5.02. The normalized spacial score (nSPS) is 12.4. The summed E-state index contributed by atoms with van der Waals surface area (Å²) in [6, 6.07) is 13.9. The number of hydrogen-bond donors (Lipinski definition) is 4. The van der Waals surface area contributed by atoms with E-state index >= 15 is 0 Å². The maximum Gasteiger partial charge on any atom is 0.417 e. The molecule has 0 aliphatic carbocycles. The van der Waals surface area contributed by atoms with Gasteiger partial charge in [0.25, 0.3) is 5.91 Å². The van der Waals surface area contributed by atoms with Gasteiger partial charge in [-0.05, 0) is 56.3 Å². The Kier molecular flexibility index (Phi) is 6.14. The van der Waals surface area contributed by atoms with Crippen LogP contribution in [0.15, 0.2) is 64.1 Å². The van der Waals surface area contributed by atoms with Crippen LogP contribution in [0.25, 0.3) is 28.0 Å². The number of oxazole rings is 1. The van der Waals surface area contributed by atoms with E-state index < -0.39 is 30.0 Å². The van der Waals surface area contributed by atoms with Gasteiger partial charge >= 0.3 is 5.76 Å². The van der Waals surface area contributed by atoms with Crippen LogP contribution in [-0.4, -0.2) is 48.9 Å². The van der Waals surface area contributed by atoms with Crippen molar-refractivity contribution in [2.45, 2.75) is 25.6 Å². The molecule has 4 N–H and O–H groups in total. The summed E-state index contributed by atoms with van der Waals surface area (Å²) in [6.07, 6.45) is 1.10. The van der Waals surface area contributed by atoms with Crippen molar-refractivity contribution in [2.24, 2.45) is 0 Å². The van der Waals surface area contributed by atoms with Crippen molar-refractivity contribution in [2.75, 3.05) is 11.9 Å². The first kappa shape index (κ1) is 24.7. The van der Waals surface area contributed by atoms with E-state index in [9.17, 15) is 19.1 Å². The van der Waals surface area contributed by atoms with Crippen LogP contribution in [0.2, 0.25) is 0 Å². The predicted octanol–water partition coefficient (Wildman–Crippen LogP) is 3.28. The van der Waals surface area contributed by atoms with E-state index in [4.69, 9.17) is 9.68 Å². The molecule has 38 heavy (non-hydrogen) atoms. The highest BCUT2D eigenvalue weighted by Gasteiger charge is 2.27. The van der Waals surface area contributed by atoms with E-state index in [0.717, 1.165) is 0 Å². The van der Waals surface area contributed by atoms with Crippen LogP contribution in [0, 0.1) is 11.3 Å². The molecule has 0 aliphatic rings. The monoisotopic (exact) mass is 515 g/mol. The van der Waals surface area contributed by atoms with Crippen molar-refractivity contribution in [3.8, 4) is 17.5 Å². The maximum atomic E-state index is 14.3. The Labute approximate surface area is 214 Å². The number of carbonyl (C=O) groups is 1. The van der Waals surface area contributed by atoms with Gasteiger partial charge < -0.3 is 20.2 Å². The second kappa shape index (κ2) is 9.45. The molecule has 4 heterocycles. The number of amides is 1. The van der Waals surface area contributed by atoms with Crippen LogP contribution in [-0.2, 0) is 0 Å². The molecule has 192 valence electrons. The van der Waals surface area contributed by atoms with Gasteiger partial charge in [-0.1, -0.05) is 0 Å². The molecule has 0 spiro atoms. The van der Waals surface area contributed by atoms with E-state index in [0.29, 0.717) is 44.9 Å². The highest BCUT2D eigenvalue weighted by Crippen LogP contribution is 2.28. The zero-order valence-electron chi connectivity index (χ0n) is 20.3. The number of anilines is 2. The molecule has 11 nitrogen and oxygen atoms in total. The maximum absolute atomic E-state index is 14.3. The molecule has 1 unspecified atom stereocenters. The Morgan fingerprint density at radius 3 is 2.84 bits per heavy atom. The number of benzene rings is 1. The highest BCUT2D eigenvalue weighted by atomic mass is 19.1. The number of nitriles is 1. The Bertz CT molecular complexity index is 1770. The molecule has 1 aromatic carbocycles. The fraction of sp³-hybridized carbons (Fsp3) is 0.192. The molecule has 4 aromatic heterocycles. The molecule has 0 fully saturated rings. The van der Waals surface area contributed by atoms with Crippen LogP contribution in [0.1, 0.15) is 29.8 Å². The third kappa shape index (κ3) is 4.82. The summed E-state index contributed by atoms with van der Waals surface area (Å²) in [7, 11) is 0. The van der Waals surface area contributed by atoms with E-state index in [1.165, 1.54) is 26.2 Å². The summed E-state index contributed by atoms with van der Waals surface area (Å²) in [5.74, 6) is -1.20. The molecule has 1 atom stereocenters. The van der Waals surface area contributed by atoms with Gasteiger partial charge in [0, 0.05) is 11.9 Å². The van der Waals surface area contributed by atoms with Gasteiger partial charge in [-0.15, -0.1) is 0 Å². The van der Waals surface area contributed by atoms with Crippen LogP contribution >= 0.6 is 0 Å². The lowest BCUT2D eigenvalue weighted by Gasteiger charge is -2.22. The van der Waals surface area contributed by atoms with Crippen molar-refractivity contribution >= 4 is 33.9 Å². The number of aromatic amines is 1. The van der Waals surface area contributed by atoms with Crippen LogP contribution in [0.4, 0.5) is 15.8 Å². The largest absolute Gasteiger partial charge is 0.417 e. The van der Waals surface area contributed by atoms with Crippen molar-refractivity contribution in [3.05, 3.63) is 76.5 Å². The third-order valence-corrected chi connectivity index (χ3v) is 5.95. The molecule has 5 rings (SSSR count). The highest BCUT2D eigenvalue weighted by molar-refractivity contribution is 6.00. The average Bonchev–Trinajstić information content (AvgIpc) is 3.48. The average molecular weight is 516 g/mol. The van der Waals surface area contributed by atoms with Gasteiger partial charge in [0.05, 0.1) is 57.6 Å². The number of halogens is 1. The Morgan fingerprint density at radius 2 is 2.08 bits per heavy atom. The van der Waals surface area contributed by atoms with Crippen molar-refractivity contribution in [3.63, 3.8) is 0 Å². The molecule has 0 bridgehead atoms. The molecule has 0 saturated heterocycles. The smallest absolute Gasteiger partial charge is 0.408 e. The zero-order chi connectivity index (χ0) is 27.0. The standard InChI is InChI=1S/C26H22FN7O4/c1-26(2,37)23(27)13-30-24(35)17-12-29-19(21-5-4-16-7-14(10-28)11-31-34(16)21)9-18(17)32-15-3-6-22-20(8-15)33-25(36)38-22/h3-9,11-12,23,37H,13H2,1-2H3,(H,29,32)(H,30,35)(H,33,36). The Morgan fingerprint density at radius 1 is 1.26 bits per heavy atom. The van der Waals surface area contributed by atoms with Gasteiger partial charge in [0.15, 0.2) is 5.58 Å². The summed E-state index contributed by atoms with van der Waals surface area (Å²) in [5, 5.41) is 29.0. The van der Waals surface area contributed by atoms with E-state index in [2.05, 4.69) is 31.8 Å². The van der Waals surface area contributed by atoms with Crippen LogP contribution < -0.4 is 16.4 Å². The second-order valence-corrected chi connectivity index (χ2v) is 9.21. The number of nitrogens with one attached hydrogen (secondary N) is 3. The number of hydrogen-bond acceptors (Lipinski definition) is 8. The van der Waals surface area contributed by atoms with Gasteiger partial charge in [0.2, 0.25) is 0 Å². The lowest BCUT2D eigenvalue weighted by Crippen LogP contribution is -2.42. The summed E-state index contributed by atoms with van der Waals surface area (Å²) in [4.78, 5) is 31.6. The predicted molar refractivity (Wildman–Crippen MR) is 137 cm³/mol. The quantitative estimate of drug-likeness (QED) is 0.257. The van der Waals surface area contributed by atoms with E-state index in [1.54, 1.807) is 47.0 Å². The number of pyridine rings is 1. The van der Waals surface area contributed by atoms with Gasteiger partial charge in [-0.3, -0.25) is 14.8 Å². The molecular formula is C26H22FN7O4. The number of fused-ring (bicyclic) bond motifs is 2. The van der Waals surface area contributed by atoms with Crippen molar-refractivity contribution in [1.29, 1.82) is 5.26 Å². The first-order valence-corrected chi connectivity index (χ1v) is 11.6. The topological polar surface area (TPSA) is 161 Å². The fourth-order valence-corrected chi connectivity index (χ4v) is 3.85. The lowest BCUT2D eigenvalue weighted by atomic mass is 10.0. The van der Waals surface area contributed by atoms with E-state index in [-0.39, 0.29) is 5.56 Å². The fourth-order valence-electron chi connectivity index (χ4n) is 3.85. The molecule has 0 radical (unpaired) electrons. The minimum atomic E-state index is -1.69. The number of rotatable bonds is 7. The van der Waals surface area contributed by atoms with Crippen molar-refractivity contribution < 1.29 is 18.7 Å². The summed E-state index contributed by atoms with van der Waals surface area (Å²) < 4.78 is 20.9. The third-order valence-electron chi connectivity index (χ3n) is 5.95. The number of H-pyrrole nitrogens is 1. The first-order chi connectivity index (χ1) is 18.1. The minimum Gasteiger partial charge on any atom is -0.408 e.